The lowest BCUT2D eigenvalue weighted by atomic mass is 9.84. The van der Waals surface area contributed by atoms with Crippen LogP contribution >= 0.6 is 0 Å². The van der Waals surface area contributed by atoms with Crippen molar-refractivity contribution in [3.8, 4) is 0 Å². The van der Waals surface area contributed by atoms with Gasteiger partial charge in [0.05, 0.1) is 13.5 Å². The molecule has 0 aromatic heterocycles. The summed E-state index contributed by atoms with van der Waals surface area (Å²) in [5.41, 5.74) is 0. The van der Waals surface area contributed by atoms with E-state index in [4.69, 9.17) is 0 Å². The Kier molecular flexibility index (Phi) is 6.89. The van der Waals surface area contributed by atoms with E-state index in [1.165, 1.54) is 26.4 Å². The first-order valence-corrected chi connectivity index (χ1v) is 7.46. The summed E-state index contributed by atoms with van der Waals surface area (Å²) < 4.78 is 4.68. The van der Waals surface area contributed by atoms with Gasteiger partial charge in [0.25, 0.3) is 0 Å². The van der Waals surface area contributed by atoms with Gasteiger partial charge in [0.1, 0.15) is 0 Å². The molecule has 4 heteroatoms. The predicted octanol–water partition coefficient (Wildman–Crippen LogP) is 2.76. The summed E-state index contributed by atoms with van der Waals surface area (Å²) in [6, 6.07) is 0.303. The number of hydrogen-bond acceptors (Lipinski definition) is 3. The summed E-state index contributed by atoms with van der Waals surface area (Å²) >= 11 is 0. The maximum absolute atomic E-state index is 12.3. The summed E-state index contributed by atoms with van der Waals surface area (Å²) in [7, 11) is 1.39. The number of carbonyl (C=O) groups is 2. The summed E-state index contributed by atoms with van der Waals surface area (Å²) in [5, 5.41) is 0. The van der Waals surface area contributed by atoms with Crippen LogP contribution in [0.15, 0.2) is 0 Å². The molecule has 1 fully saturated rings. The Labute approximate surface area is 116 Å². The molecule has 1 aliphatic rings. The normalized spacial score (nSPS) is 22.9. The molecule has 0 spiro atoms. The minimum Gasteiger partial charge on any atom is -0.469 e. The molecule has 1 saturated carbocycles. The second kappa shape index (κ2) is 8.18. The maximum atomic E-state index is 12.3. The molecule has 19 heavy (non-hydrogen) atoms. The Balaban J connectivity index is 2.67. The Bertz CT molecular complexity index is 304. The number of carbonyl (C=O) groups excluding carboxylic acids is 2. The van der Waals surface area contributed by atoms with Crippen molar-refractivity contribution in [2.24, 2.45) is 5.92 Å². The van der Waals surface area contributed by atoms with Gasteiger partial charge in [-0.05, 0) is 25.2 Å². The average molecular weight is 269 g/mol. The van der Waals surface area contributed by atoms with Crippen LogP contribution in [-0.4, -0.2) is 36.5 Å². The van der Waals surface area contributed by atoms with E-state index in [0.29, 0.717) is 31.3 Å². The van der Waals surface area contributed by atoms with Crippen molar-refractivity contribution in [3.63, 3.8) is 0 Å². The Hall–Kier alpha value is -1.06. The summed E-state index contributed by atoms with van der Waals surface area (Å²) in [6.45, 7) is 4.73. The summed E-state index contributed by atoms with van der Waals surface area (Å²) in [6.07, 6.45) is 6.42. The first kappa shape index (κ1) is 16.0. The Morgan fingerprint density at radius 2 is 1.89 bits per heavy atom. The van der Waals surface area contributed by atoms with Crippen molar-refractivity contribution >= 4 is 11.9 Å². The molecule has 0 saturated heterocycles. The van der Waals surface area contributed by atoms with Gasteiger partial charge in [0, 0.05) is 19.0 Å². The third-order valence-corrected chi connectivity index (χ3v) is 4.04. The highest BCUT2D eigenvalue weighted by Gasteiger charge is 2.30. The molecular formula is C15H27NO3. The highest BCUT2D eigenvalue weighted by atomic mass is 16.5. The number of methoxy groups -OCH3 is 1. The highest BCUT2D eigenvalue weighted by molar-refractivity contribution is 5.77. The number of esters is 1. The lowest BCUT2D eigenvalue weighted by Crippen LogP contribution is -2.46. The second-order valence-electron chi connectivity index (χ2n) is 5.49. The van der Waals surface area contributed by atoms with Gasteiger partial charge in [-0.15, -0.1) is 0 Å². The van der Waals surface area contributed by atoms with E-state index in [1.807, 2.05) is 11.8 Å². The molecule has 1 amide bonds. The van der Waals surface area contributed by atoms with E-state index in [9.17, 15) is 9.59 Å². The number of rotatable bonds is 6. The Morgan fingerprint density at radius 3 is 2.47 bits per heavy atom. The van der Waals surface area contributed by atoms with Crippen molar-refractivity contribution in [3.05, 3.63) is 0 Å². The van der Waals surface area contributed by atoms with Gasteiger partial charge in [-0.25, -0.2) is 0 Å². The van der Waals surface area contributed by atoms with Crippen LogP contribution in [0, 0.1) is 5.92 Å². The fraction of sp³-hybridized carbons (Fsp3) is 0.867. The maximum Gasteiger partial charge on any atom is 0.307 e. The van der Waals surface area contributed by atoms with E-state index in [0.717, 1.165) is 12.8 Å². The van der Waals surface area contributed by atoms with Gasteiger partial charge in [-0.2, -0.15) is 0 Å². The van der Waals surface area contributed by atoms with Crippen molar-refractivity contribution in [1.29, 1.82) is 0 Å². The van der Waals surface area contributed by atoms with E-state index in [2.05, 4.69) is 11.7 Å². The van der Waals surface area contributed by atoms with E-state index in [-0.39, 0.29) is 11.9 Å². The van der Waals surface area contributed by atoms with Crippen molar-refractivity contribution in [1.82, 2.24) is 4.90 Å². The van der Waals surface area contributed by atoms with Gasteiger partial charge in [-0.1, -0.05) is 26.7 Å². The van der Waals surface area contributed by atoms with Crippen LogP contribution in [0.1, 0.15) is 58.8 Å². The third-order valence-electron chi connectivity index (χ3n) is 4.04. The smallest absolute Gasteiger partial charge is 0.307 e. The quantitative estimate of drug-likeness (QED) is 0.697. The molecule has 4 nitrogen and oxygen atoms in total. The Morgan fingerprint density at radius 1 is 1.21 bits per heavy atom. The lowest BCUT2D eigenvalue weighted by Gasteiger charge is -2.38. The average Bonchev–Trinajstić information content (AvgIpc) is 2.41. The lowest BCUT2D eigenvalue weighted by molar-refractivity contribution is -0.143. The molecule has 2 atom stereocenters. The topological polar surface area (TPSA) is 46.6 Å². The van der Waals surface area contributed by atoms with Gasteiger partial charge >= 0.3 is 5.97 Å². The zero-order valence-corrected chi connectivity index (χ0v) is 12.5. The third kappa shape index (κ3) is 4.84. The zero-order valence-electron chi connectivity index (χ0n) is 12.5. The predicted molar refractivity (Wildman–Crippen MR) is 74.7 cm³/mol. The highest BCUT2D eigenvalue weighted by Crippen LogP contribution is 2.28. The molecule has 110 valence electrons. The molecule has 1 rings (SSSR count). The van der Waals surface area contributed by atoms with Gasteiger partial charge < -0.3 is 9.64 Å². The molecule has 0 bridgehead atoms. The van der Waals surface area contributed by atoms with Crippen LogP contribution in [0.25, 0.3) is 0 Å². The largest absolute Gasteiger partial charge is 0.469 e. The first-order valence-electron chi connectivity index (χ1n) is 7.46. The SMILES string of the molecule is CCCC(=O)N(CCC(=O)OC)C1CCCCC1C. The molecule has 0 aliphatic heterocycles. The number of ether oxygens (including phenoxy) is 1. The van der Waals surface area contributed by atoms with Crippen LogP contribution in [0.3, 0.4) is 0 Å². The zero-order chi connectivity index (χ0) is 14.3. The number of amides is 1. The number of nitrogens with zero attached hydrogens (tertiary/aromatic N) is 1. The molecule has 0 radical (unpaired) electrons. The standard InChI is InChI=1S/C15H27NO3/c1-4-7-14(17)16(11-10-15(18)19-3)13-9-6-5-8-12(13)2/h12-13H,4-11H2,1-3H3. The monoisotopic (exact) mass is 269 g/mol. The van der Waals surface area contributed by atoms with Gasteiger partial charge in [0.2, 0.25) is 5.91 Å². The van der Waals surface area contributed by atoms with Crippen LogP contribution < -0.4 is 0 Å². The second-order valence-corrected chi connectivity index (χ2v) is 5.49. The van der Waals surface area contributed by atoms with Crippen LogP contribution in [0.2, 0.25) is 0 Å². The van der Waals surface area contributed by atoms with Crippen molar-refractivity contribution in [2.75, 3.05) is 13.7 Å². The fourth-order valence-corrected chi connectivity index (χ4v) is 2.91. The van der Waals surface area contributed by atoms with E-state index >= 15 is 0 Å². The first-order chi connectivity index (χ1) is 9.10. The van der Waals surface area contributed by atoms with E-state index < -0.39 is 0 Å². The molecule has 0 aromatic carbocycles. The van der Waals surface area contributed by atoms with Crippen LogP contribution in [0.4, 0.5) is 0 Å². The number of hydrogen-bond donors (Lipinski definition) is 0. The molecule has 0 N–H and O–H groups in total. The van der Waals surface area contributed by atoms with E-state index in [1.54, 1.807) is 0 Å². The van der Waals surface area contributed by atoms with Crippen LogP contribution in [-0.2, 0) is 14.3 Å². The van der Waals surface area contributed by atoms with Crippen LogP contribution in [0.5, 0.6) is 0 Å². The summed E-state index contributed by atoms with van der Waals surface area (Å²) in [5.74, 6) is 0.482. The molecule has 0 aromatic rings. The van der Waals surface area contributed by atoms with Gasteiger partial charge in [0.15, 0.2) is 0 Å². The van der Waals surface area contributed by atoms with Crippen molar-refractivity contribution in [2.45, 2.75) is 64.8 Å². The molecule has 2 unspecified atom stereocenters. The molecular weight excluding hydrogens is 242 g/mol. The minimum atomic E-state index is -0.238. The van der Waals surface area contributed by atoms with Crippen molar-refractivity contribution < 1.29 is 14.3 Å². The molecule has 1 aliphatic carbocycles. The summed E-state index contributed by atoms with van der Waals surface area (Å²) in [4.78, 5) is 25.5. The minimum absolute atomic E-state index is 0.185. The molecule has 0 heterocycles. The van der Waals surface area contributed by atoms with Gasteiger partial charge in [-0.3, -0.25) is 9.59 Å². The fourth-order valence-electron chi connectivity index (χ4n) is 2.91.